The zero-order chi connectivity index (χ0) is 15.6. The van der Waals surface area contributed by atoms with Gasteiger partial charge in [-0.2, -0.15) is 0 Å². The summed E-state index contributed by atoms with van der Waals surface area (Å²) in [4.78, 5) is 15.9. The molecule has 0 saturated carbocycles. The second kappa shape index (κ2) is 6.05. The molecule has 5 nitrogen and oxygen atoms in total. The van der Waals surface area contributed by atoms with Crippen LogP contribution in [0.3, 0.4) is 0 Å². The van der Waals surface area contributed by atoms with E-state index in [4.69, 9.17) is 0 Å². The number of hydrogen-bond acceptors (Lipinski definition) is 4. The molecule has 1 fully saturated rings. The van der Waals surface area contributed by atoms with E-state index in [0.717, 1.165) is 11.3 Å². The van der Waals surface area contributed by atoms with Gasteiger partial charge >= 0.3 is 0 Å². The summed E-state index contributed by atoms with van der Waals surface area (Å²) in [6.45, 7) is 0.503. The lowest BCUT2D eigenvalue weighted by Crippen LogP contribution is -2.33. The molecule has 0 N–H and O–H groups in total. The summed E-state index contributed by atoms with van der Waals surface area (Å²) in [5, 5.41) is 0. The van der Waals surface area contributed by atoms with Crippen molar-refractivity contribution in [3.8, 4) is 0 Å². The molecule has 1 unspecified atom stereocenters. The largest absolute Gasteiger partial charge is 0.378 e. The summed E-state index contributed by atoms with van der Waals surface area (Å²) in [5.41, 5.74) is 2.15. The van der Waals surface area contributed by atoms with Crippen LogP contribution in [0.25, 0.3) is 0 Å². The zero-order valence-corrected chi connectivity index (χ0v) is 13.6. The molecule has 116 valence electrons. The van der Waals surface area contributed by atoms with Crippen molar-refractivity contribution in [2.24, 2.45) is 5.92 Å². The molecule has 1 aromatic carbocycles. The van der Waals surface area contributed by atoms with Crippen molar-refractivity contribution in [2.75, 3.05) is 37.5 Å². The molecule has 21 heavy (non-hydrogen) atoms. The molecule has 1 aliphatic rings. The predicted molar refractivity (Wildman–Crippen MR) is 84.0 cm³/mol. The second-order valence-electron chi connectivity index (χ2n) is 5.86. The summed E-state index contributed by atoms with van der Waals surface area (Å²) >= 11 is 0. The number of sulfone groups is 1. The van der Waals surface area contributed by atoms with Gasteiger partial charge in [0.15, 0.2) is 9.84 Å². The van der Waals surface area contributed by atoms with Crippen LogP contribution in [0, 0.1) is 5.92 Å². The second-order valence-corrected chi connectivity index (χ2v) is 8.08. The third-order valence-electron chi connectivity index (χ3n) is 3.83. The Morgan fingerprint density at radius 1 is 1.19 bits per heavy atom. The monoisotopic (exact) mass is 310 g/mol. The highest BCUT2D eigenvalue weighted by Gasteiger charge is 2.34. The van der Waals surface area contributed by atoms with Crippen molar-refractivity contribution >= 4 is 21.4 Å². The summed E-state index contributed by atoms with van der Waals surface area (Å²) in [7, 11) is 2.67. The molecule has 1 atom stereocenters. The lowest BCUT2D eigenvalue weighted by Gasteiger charge is -2.21. The molecule has 0 aliphatic carbocycles. The molecular formula is C15H22N2O3S. The van der Waals surface area contributed by atoms with E-state index in [2.05, 4.69) is 0 Å². The van der Waals surface area contributed by atoms with Crippen molar-refractivity contribution in [3.05, 3.63) is 29.8 Å². The minimum atomic E-state index is -3.02. The summed E-state index contributed by atoms with van der Waals surface area (Å²) in [5.74, 6) is -0.321. The van der Waals surface area contributed by atoms with Crippen LogP contribution in [0.5, 0.6) is 0 Å². The predicted octanol–water partition coefficient (Wildman–Crippen LogP) is 1.15. The number of rotatable bonds is 4. The Morgan fingerprint density at radius 2 is 1.81 bits per heavy atom. The molecule has 1 amide bonds. The van der Waals surface area contributed by atoms with E-state index in [-0.39, 0.29) is 23.3 Å². The van der Waals surface area contributed by atoms with Crippen LogP contribution in [0.15, 0.2) is 24.3 Å². The Balaban J connectivity index is 1.97. The third-order valence-corrected chi connectivity index (χ3v) is 5.60. The normalized spacial score (nSPS) is 20.2. The fraction of sp³-hybridized carbons (Fsp3) is 0.533. The first kappa shape index (κ1) is 15.8. The third kappa shape index (κ3) is 3.97. The SMILES string of the molecule is CN(Cc1ccc(N(C)C)cc1)C(=O)C1CCS(=O)(=O)C1. The van der Waals surface area contributed by atoms with Crippen LogP contribution in [0.4, 0.5) is 5.69 Å². The summed E-state index contributed by atoms with van der Waals surface area (Å²) < 4.78 is 22.9. The summed E-state index contributed by atoms with van der Waals surface area (Å²) in [6, 6.07) is 8.00. The van der Waals surface area contributed by atoms with Gasteiger partial charge in [0.2, 0.25) is 5.91 Å². The average Bonchev–Trinajstić information content (AvgIpc) is 2.78. The maximum Gasteiger partial charge on any atom is 0.226 e. The van der Waals surface area contributed by atoms with Crippen molar-refractivity contribution in [3.63, 3.8) is 0 Å². The molecule has 1 heterocycles. The first-order chi connectivity index (χ1) is 9.78. The maximum atomic E-state index is 12.3. The van der Waals surface area contributed by atoms with Crippen LogP contribution in [-0.4, -0.2) is 51.9 Å². The molecule has 0 radical (unpaired) electrons. The number of anilines is 1. The Hall–Kier alpha value is -1.56. The van der Waals surface area contributed by atoms with Crippen LogP contribution < -0.4 is 4.90 Å². The fourth-order valence-electron chi connectivity index (χ4n) is 2.55. The highest BCUT2D eigenvalue weighted by Crippen LogP contribution is 2.21. The zero-order valence-electron chi connectivity index (χ0n) is 12.7. The van der Waals surface area contributed by atoms with E-state index < -0.39 is 9.84 Å². The number of hydrogen-bond donors (Lipinski definition) is 0. The highest BCUT2D eigenvalue weighted by atomic mass is 32.2. The van der Waals surface area contributed by atoms with Gasteiger partial charge in [0.05, 0.1) is 17.4 Å². The Bertz CT molecular complexity index is 608. The number of benzene rings is 1. The lowest BCUT2D eigenvalue weighted by molar-refractivity contribution is -0.133. The lowest BCUT2D eigenvalue weighted by atomic mass is 10.1. The molecule has 0 bridgehead atoms. The fourth-order valence-corrected chi connectivity index (χ4v) is 4.29. The van der Waals surface area contributed by atoms with Gasteiger partial charge in [-0.1, -0.05) is 12.1 Å². The van der Waals surface area contributed by atoms with Gasteiger partial charge in [-0.25, -0.2) is 8.42 Å². The van der Waals surface area contributed by atoms with Gasteiger partial charge in [0.1, 0.15) is 0 Å². The Morgan fingerprint density at radius 3 is 2.29 bits per heavy atom. The number of nitrogens with zero attached hydrogens (tertiary/aromatic N) is 2. The Labute approximate surface area is 126 Å². The quantitative estimate of drug-likeness (QED) is 0.837. The van der Waals surface area contributed by atoms with Crippen LogP contribution >= 0.6 is 0 Å². The van der Waals surface area contributed by atoms with Gasteiger partial charge < -0.3 is 9.80 Å². The molecule has 1 saturated heterocycles. The van der Waals surface area contributed by atoms with Crippen molar-refractivity contribution < 1.29 is 13.2 Å². The van der Waals surface area contributed by atoms with Crippen molar-refractivity contribution in [1.29, 1.82) is 0 Å². The van der Waals surface area contributed by atoms with Crippen molar-refractivity contribution in [1.82, 2.24) is 4.90 Å². The van der Waals surface area contributed by atoms with Gasteiger partial charge in [-0.15, -0.1) is 0 Å². The van der Waals surface area contributed by atoms with Crippen LogP contribution in [0.1, 0.15) is 12.0 Å². The highest BCUT2D eigenvalue weighted by molar-refractivity contribution is 7.91. The minimum Gasteiger partial charge on any atom is -0.378 e. The topological polar surface area (TPSA) is 57.7 Å². The maximum absolute atomic E-state index is 12.3. The Kier molecular flexibility index (Phi) is 4.56. The van der Waals surface area contributed by atoms with Gasteiger partial charge in [0, 0.05) is 33.4 Å². The molecule has 2 rings (SSSR count). The van der Waals surface area contributed by atoms with Crippen molar-refractivity contribution in [2.45, 2.75) is 13.0 Å². The van der Waals surface area contributed by atoms with Crippen LogP contribution in [-0.2, 0) is 21.2 Å². The molecule has 1 aromatic rings. The van der Waals surface area contributed by atoms with Gasteiger partial charge in [0.25, 0.3) is 0 Å². The van der Waals surface area contributed by atoms with E-state index in [1.54, 1.807) is 11.9 Å². The van der Waals surface area contributed by atoms with Gasteiger partial charge in [-0.05, 0) is 24.1 Å². The first-order valence-electron chi connectivity index (χ1n) is 7.00. The van der Waals surface area contributed by atoms with E-state index in [9.17, 15) is 13.2 Å². The van der Waals surface area contributed by atoms with E-state index in [0.29, 0.717) is 13.0 Å². The first-order valence-corrected chi connectivity index (χ1v) is 8.82. The molecular weight excluding hydrogens is 288 g/mol. The smallest absolute Gasteiger partial charge is 0.226 e. The van der Waals surface area contributed by atoms with Crippen LogP contribution in [0.2, 0.25) is 0 Å². The average molecular weight is 310 g/mol. The number of amides is 1. The van der Waals surface area contributed by atoms with E-state index in [1.165, 1.54) is 0 Å². The number of carbonyl (C=O) groups excluding carboxylic acids is 1. The molecule has 0 aromatic heterocycles. The minimum absolute atomic E-state index is 0.00423. The summed E-state index contributed by atoms with van der Waals surface area (Å²) in [6.07, 6.45) is 0.449. The standard InChI is InChI=1S/C15H22N2O3S/c1-16(2)14-6-4-12(5-7-14)10-17(3)15(18)13-8-9-21(19,20)11-13/h4-7,13H,8-11H2,1-3H3. The van der Waals surface area contributed by atoms with E-state index in [1.807, 2.05) is 43.3 Å². The van der Waals surface area contributed by atoms with Gasteiger partial charge in [-0.3, -0.25) is 4.79 Å². The molecule has 1 aliphatic heterocycles. The molecule has 0 spiro atoms. The number of carbonyl (C=O) groups is 1. The molecule has 6 heteroatoms. The van der Waals surface area contributed by atoms with E-state index >= 15 is 0 Å².